The van der Waals surface area contributed by atoms with E-state index in [1.807, 2.05) is 0 Å². The summed E-state index contributed by atoms with van der Waals surface area (Å²) in [5.41, 5.74) is 10.8. The van der Waals surface area contributed by atoms with E-state index >= 15 is 0 Å². The van der Waals surface area contributed by atoms with Crippen LogP contribution >= 0.6 is 0 Å². The standard InChI is InChI=1S/C18H22N2O/c1-13-9-15-5-3-4-6-17(15)20(13)12-14-7-8-16(11-19)18(10-14)21-2/h3-8,10,13H,9,11-12,19H2,1-2H3. The van der Waals surface area contributed by atoms with Crippen LogP contribution in [0.25, 0.3) is 0 Å². The number of rotatable bonds is 4. The second kappa shape index (κ2) is 5.78. The van der Waals surface area contributed by atoms with E-state index in [0.29, 0.717) is 12.6 Å². The Labute approximate surface area is 126 Å². The van der Waals surface area contributed by atoms with E-state index in [1.54, 1.807) is 7.11 Å². The first kappa shape index (κ1) is 14.0. The average Bonchev–Trinajstić information content (AvgIpc) is 2.83. The lowest BCUT2D eigenvalue weighted by molar-refractivity contribution is 0.409. The molecular weight excluding hydrogens is 260 g/mol. The Morgan fingerprint density at radius 3 is 2.81 bits per heavy atom. The van der Waals surface area contributed by atoms with Crippen LogP contribution in [0.4, 0.5) is 5.69 Å². The van der Waals surface area contributed by atoms with Gasteiger partial charge in [-0.2, -0.15) is 0 Å². The van der Waals surface area contributed by atoms with Crippen LogP contribution in [0.15, 0.2) is 42.5 Å². The summed E-state index contributed by atoms with van der Waals surface area (Å²) in [6, 6.07) is 15.5. The van der Waals surface area contributed by atoms with Gasteiger partial charge in [0.15, 0.2) is 0 Å². The van der Waals surface area contributed by atoms with Crippen molar-refractivity contribution in [2.24, 2.45) is 5.73 Å². The van der Waals surface area contributed by atoms with Gasteiger partial charge in [-0.3, -0.25) is 0 Å². The molecule has 0 amide bonds. The number of anilines is 1. The molecule has 0 bridgehead atoms. The summed E-state index contributed by atoms with van der Waals surface area (Å²) in [4.78, 5) is 2.46. The molecule has 1 unspecified atom stereocenters. The molecule has 0 aromatic heterocycles. The van der Waals surface area contributed by atoms with Crippen LogP contribution in [-0.4, -0.2) is 13.2 Å². The van der Waals surface area contributed by atoms with Crippen molar-refractivity contribution in [3.8, 4) is 5.75 Å². The Morgan fingerprint density at radius 2 is 2.05 bits per heavy atom. The number of para-hydroxylation sites is 1. The Morgan fingerprint density at radius 1 is 1.24 bits per heavy atom. The lowest BCUT2D eigenvalue weighted by Crippen LogP contribution is -2.28. The van der Waals surface area contributed by atoms with E-state index < -0.39 is 0 Å². The highest BCUT2D eigenvalue weighted by atomic mass is 16.5. The molecule has 2 aromatic carbocycles. The highest BCUT2D eigenvalue weighted by molar-refractivity contribution is 5.59. The van der Waals surface area contributed by atoms with Gasteiger partial charge in [-0.25, -0.2) is 0 Å². The molecule has 2 aromatic rings. The zero-order valence-corrected chi connectivity index (χ0v) is 12.7. The van der Waals surface area contributed by atoms with Gasteiger partial charge in [-0.1, -0.05) is 30.3 Å². The summed E-state index contributed by atoms with van der Waals surface area (Å²) in [5, 5.41) is 0. The number of hydrogen-bond acceptors (Lipinski definition) is 3. The minimum Gasteiger partial charge on any atom is -0.496 e. The van der Waals surface area contributed by atoms with Crippen molar-refractivity contribution >= 4 is 5.69 Å². The number of fused-ring (bicyclic) bond motifs is 1. The predicted molar refractivity (Wildman–Crippen MR) is 86.7 cm³/mol. The second-order valence-corrected chi connectivity index (χ2v) is 5.66. The van der Waals surface area contributed by atoms with E-state index in [2.05, 4.69) is 54.3 Å². The first-order valence-corrected chi connectivity index (χ1v) is 7.43. The van der Waals surface area contributed by atoms with Crippen molar-refractivity contribution in [3.05, 3.63) is 59.2 Å². The van der Waals surface area contributed by atoms with Crippen molar-refractivity contribution in [3.63, 3.8) is 0 Å². The van der Waals surface area contributed by atoms with Crippen molar-refractivity contribution in [1.82, 2.24) is 0 Å². The summed E-state index contributed by atoms with van der Waals surface area (Å²) < 4.78 is 5.44. The van der Waals surface area contributed by atoms with Crippen molar-refractivity contribution in [2.45, 2.75) is 32.5 Å². The van der Waals surface area contributed by atoms with Crippen LogP contribution in [0, 0.1) is 0 Å². The summed E-state index contributed by atoms with van der Waals surface area (Å²) in [6.07, 6.45) is 1.12. The van der Waals surface area contributed by atoms with Crippen LogP contribution in [0.2, 0.25) is 0 Å². The third-order valence-corrected chi connectivity index (χ3v) is 4.27. The first-order valence-electron chi connectivity index (χ1n) is 7.43. The third kappa shape index (κ3) is 2.61. The van der Waals surface area contributed by atoms with Gasteiger partial charge in [-0.05, 0) is 36.6 Å². The highest BCUT2D eigenvalue weighted by Gasteiger charge is 2.25. The Kier molecular flexibility index (Phi) is 3.84. The van der Waals surface area contributed by atoms with E-state index in [4.69, 9.17) is 10.5 Å². The number of hydrogen-bond donors (Lipinski definition) is 1. The molecule has 1 atom stereocenters. The molecule has 1 aliphatic heterocycles. The van der Waals surface area contributed by atoms with Crippen molar-refractivity contribution in [2.75, 3.05) is 12.0 Å². The predicted octanol–water partition coefficient (Wildman–Crippen LogP) is 3.11. The van der Waals surface area contributed by atoms with E-state index in [9.17, 15) is 0 Å². The fourth-order valence-electron chi connectivity index (χ4n) is 3.12. The fourth-order valence-corrected chi connectivity index (χ4v) is 3.12. The van der Waals surface area contributed by atoms with Gasteiger partial charge in [0, 0.05) is 30.4 Å². The fraction of sp³-hybridized carbons (Fsp3) is 0.333. The first-order chi connectivity index (χ1) is 10.2. The van der Waals surface area contributed by atoms with Gasteiger partial charge in [0.25, 0.3) is 0 Å². The Hall–Kier alpha value is -2.00. The number of benzene rings is 2. The molecule has 2 N–H and O–H groups in total. The third-order valence-electron chi connectivity index (χ3n) is 4.27. The maximum atomic E-state index is 5.73. The second-order valence-electron chi connectivity index (χ2n) is 5.66. The monoisotopic (exact) mass is 282 g/mol. The molecule has 21 heavy (non-hydrogen) atoms. The molecule has 0 spiro atoms. The minimum atomic E-state index is 0.506. The normalized spacial score (nSPS) is 16.9. The summed E-state index contributed by atoms with van der Waals surface area (Å²) in [5.74, 6) is 0.884. The van der Waals surface area contributed by atoms with Gasteiger partial charge < -0.3 is 15.4 Å². The molecular formula is C18H22N2O. The molecule has 0 saturated heterocycles. The maximum absolute atomic E-state index is 5.73. The van der Waals surface area contributed by atoms with E-state index in [-0.39, 0.29) is 0 Å². The SMILES string of the molecule is COc1cc(CN2c3ccccc3CC2C)ccc1CN. The lowest BCUT2D eigenvalue weighted by Gasteiger charge is -2.25. The molecule has 1 heterocycles. The largest absolute Gasteiger partial charge is 0.496 e. The van der Waals surface area contributed by atoms with E-state index in [1.165, 1.54) is 16.8 Å². The molecule has 110 valence electrons. The zero-order chi connectivity index (χ0) is 14.8. The number of ether oxygens (including phenoxy) is 1. The van der Waals surface area contributed by atoms with Crippen LogP contribution in [0.5, 0.6) is 5.75 Å². The Bertz CT molecular complexity index is 639. The van der Waals surface area contributed by atoms with E-state index in [0.717, 1.165) is 24.3 Å². The average molecular weight is 282 g/mol. The Balaban J connectivity index is 1.87. The van der Waals surface area contributed by atoms with Crippen LogP contribution in [-0.2, 0) is 19.5 Å². The molecule has 0 aliphatic carbocycles. The molecule has 0 fully saturated rings. The van der Waals surface area contributed by atoms with Crippen LogP contribution < -0.4 is 15.4 Å². The molecule has 0 radical (unpaired) electrons. The molecule has 3 heteroatoms. The maximum Gasteiger partial charge on any atom is 0.123 e. The van der Waals surface area contributed by atoms with Crippen LogP contribution in [0.1, 0.15) is 23.6 Å². The topological polar surface area (TPSA) is 38.5 Å². The summed E-state index contributed by atoms with van der Waals surface area (Å²) in [7, 11) is 1.70. The van der Waals surface area contributed by atoms with Gasteiger partial charge in [0.1, 0.15) is 5.75 Å². The van der Waals surface area contributed by atoms with Crippen molar-refractivity contribution < 1.29 is 4.74 Å². The molecule has 3 rings (SSSR count). The summed E-state index contributed by atoms with van der Waals surface area (Å²) >= 11 is 0. The minimum absolute atomic E-state index is 0.506. The molecule has 0 saturated carbocycles. The van der Waals surface area contributed by atoms with Crippen molar-refractivity contribution in [1.29, 1.82) is 0 Å². The van der Waals surface area contributed by atoms with Gasteiger partial charge in [0.2, 0.25) is 0 Å². The zero-order valence-electron chi connectivity index (χ0n) is 12.7. The number of nitrogens with zero attached hydrogens (tertiary/aromatic N) is 1. The quantitative estimate of drug-likeness (QED) is 0.936. The van der Waals surface area contributed by atoms with Crippen LogP contribution in [0.3, 0.4) is 0 Å². The summed E-state index contributed by atoms with van der Waals surface area (Å²) in [6.45, 7) is 3.69. The molecule has 1 aliphatic rings. The molecule has 3 nitrogen and oxygen atoms in total. The number of methoxy groups -OCH3 is 1. The lowest BCUT2D eigenvalue weighted by atomic mass is 10.1. The van der Waals surface area contributed by atoms with Gasteiger partial charge in [0.05, 0.1) is 7.11 Å². The van der Waals surface area contributed by atoms with Gasteiger partial charge in [-0.15, -0.1) is 0 Å². The number of nitrogens with two attached hydrogens (primary N) is 1. The highest BCUT2D eigenvalue weighted by Crippen LogP contribution is 2.33. The van der Waals surface area contributed by atoms with Gasteiger partial charge >= 0.3 is 0 Å². The smallest absolute Gasteiger partial charge is 0.123 e.